The molecule has 0 heterocycles. The monoisotopic (exact) mass is 430 g/mol. The van der Waals surface area contributed by atoms with Crippen molar-refractivity contribution in [3.63, 3.8) is 0 Å². The Morgan fingerprint density at radius 3 is 1.71 bits per heavy atom. The highest BCUT2D eigenvalue weighted by molar-refractivity contribution is 5.40. The van der Waals surface area contributed by atoms with E-state index in [9.17, 15) is 10.2 Å². The van der Waals surface area contributed by atoms with Crippen molar-refractivity contribution in [1.29, 1.82) is 0 Å². The van der Waals surface area contributed by atoms with Crippen molar-refractivity contribution >= 4 is 0 Å². The van der Waals surface area contributed by atoms with Gasteiger partial charge in [-0.3, -0.25) is 0 Å². The summed E-state index contributed by atoms with van der Waals surface area (Å²) in [5.41, 5.74) is 1.54. The molecule has 0 atom stereocenters. The fourth-order valence-electron chi connectivity index (χ4n) is 3.30. The van der Waals surface area contributed by atoms with E-state index in [4.69, 9.17) is 14.2 Å². The lowest BCUT2D eigenvalue weighted by atomic mass is 10.2. The standard InChI is InChI=1S/C26H38O5/c1-3-5-7-9-11-29-25-15-22(16-26(18-25)30-12-10-8-6-4-2)20-31-24-14-21(19-27)13-23(28)17-24/h13-18,27-28H,3-12,19-20H2,1-2H3. The zero-order chi connectivity index (χ0) is 22.3. The van der Waals surface area contributed by atoms with Crippen molar-refractivity contribution in [1.82, 2.24) is 0 Å². The Balaban J connectivity index is 2.01. The highest BCUT2D eigenvalue weighted by atomic mass is 16.5. The van der Waals surface area contributed by atoms with Crippen LogP contribution in [0.15, 0.2) is 36.4 Å². The van der Waals surface area contributed by atoms with E-state index in [1.54, 1.807) is 12.1 Å². The van der Waals surface area contributed by atoms with E-state index in [1.165, 1.54) is 44.6 Å². The van der Waals surface area contributed by atoms with Gasteiger partial charge < -0.3 is 24.4 Å². The lowest BCUT2D eigenvalue weighted by molar-refractivity contribution is 0.274. The molecule has 0 spiro atoms. The van der Waals surface area contributed by atoms with Crippen LogP contribution in [0.2, 0.25) is 0 Å². The average molecular weight is 431 g/mol. The molecule has 0 aliphatic carbocycles. The summed E-state index contributed by atoms with van der Waals surface area (Å²) >= 11 is 0. The molecule has 0 aliphatic rings. The summed E-state index contributed by atoms with van der Waals surface area (Å²) in [5.74, 6) is 2.15. The van der Waals surface area contributed by atoms with Gasteiger partial charge in [-0.25, -0.2) is 0 Å². The van der Waals surface area contributed by atoms with Crippen LogP contribution < -0.4 is 14.2 Å². The molecule has 0 amide bonds. The van der Waals surface area contributed by atoms with E-state index < -0.39 is 0 Å². The van der Waals surface area contributed by atoms with Crippen LogP contribution in [-0.4, -0.2) is 23.4 Å². The number of hydrogen-bond donors (Lipinski definition) is 2. The van der Waals surface area contributed by atoms with Crippen molar-refractivity contribution in [2.75, 3.05) is 13.2 Å². The van der Waals surface area contributed by atoms with Crippen LogP contribution in [0.25, 0.3) is 0 Å². The smallest absolute Gasteiger partial charge is 0.123 e. The molecule has 0 aliphatic heterocycles. The Morgan fingerprint density at radius 1 is 0.613 bits per heavy atom. The van der Waals surface area contributed by atoms with Crippen molar-refractivity contribution in [2.45, 2.75) is 78.4 Å². The fraction of sp³-hybridized carbons (Fsp3) is 0.538. The molecule has 0 fully saturated rings. The summed E-state index contributed by atoms with van der Waals surface area (Å²) in [6.45, 7) is 5.93. The van der Waals surface area contributed by atoms with Crippen LogP contribution in [0.1, 0.15) is 76.3 Å². The first-order chi connectivity index (χ1) is 15.1. The third-order valence-electron chi connectivity index (χ3n) is 5.01. The second-order valence-corrected chi connectivity index (χ2v) is 7.91. The normalized spacial score (nSPS) is 10.8. The second-order valence-electron chi connectivity index (χ2n) is 7.91. The molecule has 0 radical (unpaired) electrons. The number of aliphatic hydroxyl groups is 1. The van der Waals surface area contributed by atoms with Gasteiger partial charge in [0.2, 0.25) is 0 Å². The number of benzene rings is 2. The largest absolute Gasteiger partial charge is 0.508 e. The SMILES string of the molecule is CCCCCCOc1cc(COc2cc(O)cc(CO)c2)cc(OCCCCCC)c1. The summed E-state index contributed by atoms with van der Waals surface area (Å²) in [6.07, 6.45) is 9.28. The third-order valence-corrected chi connectivity index (χ3v) is 5.01. The molecule has 172 valence electrons. The van der Waals surface area contributed by atoms with Crippen LogP contribution in [0.4, 0.5) is 0 Å². The molecule has 2 rings (SSSR count). The van der Waals surface area contributed by atoms with E-state index >= 15 is 0 Å². The van der Waals surface area contributed by atoms with Gasteiger partial charge in [-0.15, -0.1) is 0 Å². The quantitative estimate of drug-likeness (QED) is 0.302. The van der Waals surface area contributed by atoms with Gasteiger partial charge in [-0.1, -0.05) is 52.4 Å². The molecule has 0 bridgehead atoms. The van der Waals surface area contributed by atoms with Crippen LogP contribution in [0.5, 0.6) is 23.0 Å². The highest BCUT2D eigenvalue weighted by Gasteiger charge is 2.07. The predicted molar refractivity (Wildman–Crippen MR) is 124 cm³/mol. The lowest BCUT2D eigenvalue weighted by Crippen LogP contribution is -2.03. The molecular weight excluding hydrogens is 392 g/mol. The van der Waals surface area contributed by atoms with Gasteiger partial charge in [0, 0.05) is 12.1 Å². The number of ether oxygens (including phenoxy) is 3. The van der Waals surface area contributed by atoms with E-state index in [1.807, 2.05) is 18.2 Å². The highest BCUT2D eigenvalue weighted by Crippen LogP contribution is 2.27. The Hall–Kier alpha value is -2.40. The number of phenols is 1. The maximum atomic E-state index is 9.80. The van der Waals surface area contributed by atoms with Gasteiger partial charge in [-0.2, -0.15) is 0 Å². The van der Waals surface area contributed by atoms with Crippen molar-refractivity contribution in [2.24, 2.45) is 0 Å². The van der Waals surface area contributed by atoms with Crippen molar-refractivity contribution in [3.8, 4) is 23.0 Å². The molecule has 0 aromatic heterocycles. The number of aromatic hydroxyl groups is 1. The number of phenolic OH excluding ortho intramolecular Hbond substituents is 1. The van der Waals surface area contributed by atoms with Gasteiger partial charge in [-0.05, 0) is 48.2 Å². The molecule has 31 heavy (non-hydrogen) atoms. The van der Waals surface area contributed by atoms with E-state index in [2.05, 4.69) is 13.8 Å². The van der Waals surface area contributed by atoms with Crippen LogP contribution >= 0.6 is 0 Å². The maximum absolute atomic E-state index is 9.80. The van der Waals surface area contributed by atoms with Crippen molar-refractivity contribution in [3.05, 3.63) is 47.5 Å². The first-order valence-electron chi connectivity index (χ1n) is 11.6. The first-order valence-corrected chi connectivity index (χ1v) is 11.6. The molecule has 5 nitrogen and oxygen atoms in total. The average Bonchev–Trinajstić information content (AvgIpc) is 2.77. The van der Waals surface area contributed by atoms with Crippen LogP contribution in [-0.2, 0) is 13.2 Å². The predicted octanol–water partition coefficient (Wildman–Crippen LogP) is 6.38. The lowest BCUT2D eigenvalue weighted by Gasteiger charge is -2.14. The Morgan fingerprint density at radius 2 is 1.16 bits per heavy atom. The minimum absolute atomic E-state index is 0.0711. The van der Waals surface area contributed by atoms with Crippen LogP contribution in [0, 0.1) is 0 Å². The topological polar surface area (TPSA) is 68.2 Å². The van der Waals surface area contributed by atoms with Crippen molar-refractivity contribution < 1.29 is 24.4 Å². The molecule has 0 unspecified atom stereocenters. The number of aliphatic hydroxyl groups excluding tert-OH is 1. The number of unbranched alkanes of at least 4 members (excludes halogenated alkanes) is 6. The molecule has 2 aromatic rings. The number of hydrogen-bond acceptors (Lipinski definition) is 5. The number of rotatable bonds is 16. The summed E-state index contributed by atoms with van der Waals surface area (Å²) in [5, 5.41) is 19.1. The molecule has 2 N–H and O–H groups in total. The van der Waals surface area contributed by atoms with Gasteiger partial charge in [0.15, 0.2) is 0 Å². The maximum Gasteiger partial charge on any atom is 0.123 e. The van der Waals surface area contributed by atoms with Gasteiger partial charge in [0.1, 0.15) is 29.6 Å². The summed E-state index contributed by atoms with van der Waals surface area (Å²) < 4.78 is 17.8. The van der Waals surface area contributed by atoms with E-state index in [0.29, 0.717) is 31.1 Å². The van der Waals surface area contributed by atoms with E-state index in [0.717, 1.165) is 29.9 Å². The molecule has 5 heteroatoms. The molecule has 0 saturated heterocycles. The second kappa shape index (κ2) is 14.6. The minimum Gasteiger partial charge on any atom is -0.508 e. The van der Waals surface area contributed by atoms with Gasteiger partial charge >= 0.3 is 0 Å². The third kappa shape index (κ3) is 9.97. The Labute approximate surface area is 187 Å². The molecule has 0 saturated carbocycles. The summed E-state index contributed by atoms with van der Waals surface area (Å²) in [6, 6.07) is 10.7. The zero-order valence-electron chi connectivity index (χ0n) is 19.1. The molecule has 2 aromatic carbocycles. The van der Waals surface area contributed by atoms with Gasteiger partial charge in [0.25, 0.3) is 0 Å². The summed E-state index contributed by atoms with van der Waals surface area (Å²) in [7, 11) is 0. The first kappa shape index (κ1) is 24.9. The fourth-order valence-corrected chi connectivity index (χ4v) is 3.30. The van der Waals surface area contributed by atoms with E-state index in [-0.39, 0.29) is 12.4 Å². The Kier molecular flexibility index (Phi) is 11.7. The summed E-state index contributed by atoms with van der Waals surface area (Å²) in [4.78, 5) is 0. The van der Waals surface area contributed by atoms with Gasteiger partial charge in [0.05, 0.1) is 19.8 Å². The minimum atomic E-state index is -0.151. The Bertz CT molecular complexity index is 727. The molecular formula is C26H38O5. The zero-order valence-corrected chi connectivity index (χ0v) is 19.1. The van der Waals surface area contributed by atoms with Crippen LogP contribution in [0.3, 0.4) is 0 Å².